The summed E-state index contributed by atoms with van der Waals surface area (Å²) in [5.74, 6) is 1.84. The fraction of sp³-hybridized carbons (Fsp3) is 0.238. The van der Waals surface area contributed by atoms with Gasteiger partial charge in [-0.3, -0.25) is 0 Å². The van der Waals surface area contributed by atoms with Crippen LogP contribution in [0.15, 0.2) is 65.6 Å². The first-order chi connectivity index (χ1) is 13.6. The van der Waals surface area contributed by atoms with Crippen LogP contribution in [0.1, 0.15) is 12.8 Å². The molecule has 0 bridgehead atoms. The summed E-state index contributed by atoms with van der Waals surface area (Å²) in [7, 11) is -3.66. The van der Waals surface area contributed by atoms with E-state index < -0.39 is 16.3 Å². The van der Waals surface area contributed by atoms with Crippen molar-refractivity contribution in [2.75, 3.05) is 13.3 Å². The molecule has 3 aromatic carbocycles. The van der Waals surface area contributed by atoms with Crippen LogP contribution in [0.2, 0.25) is 0 Å². The molecule has 1 atom stereocenters. The summed E-state index contributed by atoms with van der Waals surface area (Å²) in [6.45, 7) is 0.620. The molecule has 2 heterocycles. The van der Waals surface area contributed by atoms with E-state index in [0.29, 0.717) is 30.2 Å². The van der Waals surface area contributed by atoms with E-state index in [0.717, 1.165) is 17.2 Å². The molecule has 0 saturated carbocycles. The largest absolute Gasteiger partial charge is 0.474 e. The number of sulfonamides is 1. The molecule has 0 radical (unpaired) electrons. The molecule has 1 fully saturated rings. The highest BCUT2D eigenvalue weighted by molar-refractivity contribution is 7.89. The molecule has 0 aliphatic carbocycles. The minimum Gasteiger partial charge on any atom is -0.474 e. The maximum atomic E-state index is 13.3. The minimum absolute atomic E-state index is 0.185. The molecule has 7 heteroatoms. The van der Waals surface area contributed by atoms with Gasteiger partial charge >= 0.3 is 0 Å². The van der Waals surface area contributed by atoms with E-state index in [-0.39, 0.29) is 11.7 Å². The summed E-state index contributed by atoms with van der Waals surface area (Å²) in [6, 6.07) is 18.2. The van der Waals surface area contributed by atoms with Gasteiger partial charge in [-0.15, -0.1) is 0 Å². The fourth-order valence-corrected chi connectivity index (χ4v) is 5.29. The van der Waals surface area contributed by atoms with Crippen molar-refractivity contribution in [2.24, 2.45) is 0 Å². The highest BCUT2D eigenvalue weighted by Crippen LogP contribution is 2.37. The second kappa shape index (κ2) is 6.68. The number of hydrogen-bond donors (Lipinski definition) is 0. The monoisotopic (exact) mass is 397 g/mol. The number of fused-ring (bicyclic) bond motifs is 2. The molecule has 0 N–H and O–H groups in total. The lowest BCUT2D eigenvalue weighted by Crippen LogP contribution is -2.38. The van der Waals surface area contributed by atoms with E-state index >= 15 is 0 Å². The maximum absolute atomic E-state index is 13.3. The number of benzene rings is 3. The minimum atomic E-state index is -3.66. The number of rotatable bonds is 4. The van der Waals surface area contributed by atoms with Crippen molar-refractivity contribution in [3.05, 3.63) is 60.7 Å². The van der Waals surface area contributed by atoms with E-state index in [2.05, 4.69) is 0 Å². The Morgan fingerprint density at radius 1 is 0.929 bits per heavy atom. The lowest BCUT2D eigenvalue weighted by atomic mass is 10.1. The third kappa shape index (κ3) is 2.96. The van der Waals surface area contributed by atoms with Crippen LogP contribution in [0.3, 0.4) is 0 Å². The molecule has 6 nitrogen and oxygen atoms in total. The van der Waals surface area contributed by atoms with Crippen LogP contribution in [0.5, 0.6) is 17.2 Å². The van der Waals surface area contributed by atoms with Crippen LogP contribution in [0, 0.1) is 0 Å². The van der Waals surface area contributed by atoms with Crippen LogP contribution in [-0.2, 0) is 10.0 Å². The van der Waals surface area contributed by atoms with Gasteiger partial charge in [0.1, 0.15) is 5.75 Å². The Hall–Kier alpha value is -2.77. The molecule has 2 aliphatic heterocycles. The van der Waals surface area contributed by atoms with Gasteiger partial charge in [-0.1, -0.05) is 30.3 Å². The van der Waals surface area contributed by atoms with E-state index in [4.69, 9.17) is 14.2 Å². The summed E-state index contributed by atoms with van der Waals surface area (Å²) in [6.07, 6.45) is 0.848. The van der Waals surface area contributed by atoms with Crippen LogP contribution in [0.4, 0.5) is 0 Å². The molecular formula is C21H19NO5S. The van der Waals surface area contributed by atoms with Crippen molar-refractivity contribution >= 4 is 20.8 Å². The molecule has 2 aliphatic rings. The molecule has 3 aromatic rings. The maximum Gasteiger partial charge on any atom is 0.246 e. The zero-order valence-electron chi connectivity index (χ0n) is 15.1. The standard InChI is InChI=1S/C21H19NO5S/c23-28(24,18-9-7-15-4-1-2-5-16(15)12-18)22-11-3-6-21(22)27-17-8-10-19-20(13-17)26-14-25-19/h1-2,4-5,7-10,12-13,21H,3,6,11,14H2/t21-/m0/s1. The third-order valence-corrected chi connectivity index (χ3v) is 6.98. The second-order valence-corrected chi connectivity index (χ2v) is 8.75. The molecule has 0 spiro atoms. The first kappa shape index (κ1) is 17.3. The number of nitrogens with zero attached hydrogens (tertiary/aromatic N) is 1. The van der Waals surface area contributed by atoms with Gasteiger partial charge in [0.15, 0.2) is 17.7 Å². The van der Waals surface area contributed by atoms with Gasteiger partial charge in [-0.2, -0.15) is 4.31 Å². The van der Waals surface area contributed by atoms with Gasteiger partial charge < -0.3 is 14.2 Å². The normalized spacial score (nSPS) is 19.2. The van der Waals surface area contributed by atoms with E-state index in [9.17, 15) is 8.42 Å². The van der Waals surface area contributed by atoms with Gasteiger partial charge in [0.25, 0.3) is 0 Å². The smallest absolute Gasteiger partial charge is 0.246 e. The molecule has 0 amide bonds. The molecular weight excluding hydrogens is 378 g/mol. The molecule has 28 heavy (non-hydrogen) atoms. The Labute approximate surface area is 163 Å². The van der Waals surface area contributed by atoms with Crippen LogP contribution >= 0.6 is 0 Å². The van der Waals surface area contributed by atoms with Gasteiger partial charge in [-0.25, -0.2) is 8.42 Å². The van der Waals surface area contributed by atoms with Gasteiger partial charge in [0, 0.05) is 19.0 Å². The summed E-state index contributed by atoms with van der Waals surface area (Å²) < 4.78 is 44.7. The molecule has 144 valence electrons. The molecule has 1 saturated heterocycles. The van der Waals surface area contributed by atoms with E-state index in [1.54, 1.807) is 30.3 Å². The van der Waals surface area contributed by atoms with Crippen LogP contribution < -0.4 is 14.2 Å². The fourth-order valence-electron chi connectivity index (χ4n) is 3.67. The van der Waals surface area contributed by atoms with E-state index in [1.807, 2.05) is 30.3 Å². The zero-order valence-corrected chi connectivity index (χ0v) is 15.9. The lowest BCUT2D eigenvalue weighted by Gasteiger charge is -2.25. The van der Waals surface area contributed by atoms with Gasteiger partial charge in [0.05, 0.1) is 4.90 Å². The van der Waals surface area contributed by atoms with Crippen molar-refractivity contribution in [3.8, 4) is 17.2 Å². The predicted octanol–water partition coefficient (Wildman–Crippen LogP) is 3.76. The number of ether oxygens (including phenoxy) is 3. The van der Waals surface area contributed by atoms with Crippen LogP contribution in [0.25, 0.3) is 10.8 Å². The average molecular weight is 397 g/mol. The highest BCUT2D eigenvalue weighted by atomic mass is 32.2. The Kier molecular flexibility index (Phi) is 4.14. The Bertz CT molecular complexity index is 1140. The quantitative estimate of drug-likeness (QED) is 0.671. The first-order valence-electron chi connectivity index (χ1n) is 9.18. The summed E-state index contributed by atoms with van der Waals surface area (Å²) in [5.41, 5.74) is 0. The highest BCUT2D eigenvalue weighted by Gasteiger charge is 2.37. The topological polar surface area (TPSA) is 65.1 Å². The summed E-state index contributed by atoms with van der Waals surface area (Å²) in [4.78, 5) is 0.285. The van der Waals surface area contributed by atoms with Crippen molar-refractivity contribution in [2.45, 2.75) is 24.0 Å². The Balaban J connectivity index is 1.43. The van der Waals surface area contributed by atoms with Crippen molar-refractivity contribution in [1.82, 2.24) is 4.31 Å². The second-order valence-electron chi connectivity index (χ2n) is 6.85. The van der Waals surface area contributed by atoms with Crippen molar-refractivity contribution in [1.29, 1.82) is 0 Å². The third-order valence-electron chi connectivity index (χ3n) is 5.09. The van der Waals surface area contributed by atoms with E-state index in [1.165, 1.54) is 4.31 Å². The van der Waals surface area contributed by atoms with Crippen LogP contribution in [-0.4, -0.2) is 32.3 Å². The van der Waals surface area contributed by atoms with Crippen molar-refractivity contribution in [3.63, 3.8) is 0 Å². The molecule has 0 unspecified atom stereocenters. The SMILES string of the molecule is O=S(=O)(c1ccc2ccccc2c1)N1CCC[C@@H]1Oc1ccc2c(c1)OCO2. The predicted molar refractivity (Wildman–Crippen MR) is 104 cm³/mol. The number of hydrogen-bond acceptors (Lipinski definition) is 5. The van der Waals surface area contributed by atoms with Gasteiger partial charge in [0.2, 0.25) is 16.8 Å². The Morgan fingerprint density at radius 3 is 2.64 bits per heavy atom. The van der Waals surface area contributed by atoms with Crippen molar-refractivity contribution < 1.29 is 22.6 Å². The Morgan fingerprint density at radius 2 is 1.75 bits per heavy atom. The summed E-state index contributed by atoms with van der Waals surface area (Å²) in [5, 5.41) is 1.91. The lowest BCUT2D eigenvalue weighted by molar-refractivity contribution is 0.120. The molecule has 0 aromatic heterocycles. The first-order valence-corrected chi connectivity index (χ1v) is 10.6. The molecule has 5 rings (SSSR count). The zero-order chi connectivity index (χ0) is 19.1. The van der Waals surface area contributed by atoms with Gasteiger partial charge in [-0.05, 0) is 41.5 Å². The summed E-state index contributed by atoms with van der Waals surface area (Å²) >= 11 is 0. The average Bonchev–Trinajstić information content (AvgIpc) is 3.37.